The molecule has 7 rings (SSSR count). The van der Waals surface area contributed by atoms with Crippen molar-refractivity contribution in [2.45, 2.75) is 50.7 Å². The van der Waals surface area contributed by atoms with Crippen LogP contribution in [-0.2, 0) is 9.53 Å². The van der Waals surface area contributed by atoms with Crippen LogP contribution in [0.2, 0.25) is 0 Å². The fourth-order valence-electron chi connectivity index (χ4n) is 7.25. The van der Waals surface area contributed by atoms with Gasteiger partial charge in [0, 0.05) is 13.1 Å². The highest BCUT2D eigenvalue weighted by atomic mass is 19.1. The average molecular weight is 442 g/mol. The molecule has 3 N–H and O–H groups in total. The van der Waals surface area contributed by atoms with E-state index >= 15 is 0 Å². The van der Waals surface area contributed by atoms with E-state index in [9.17, 15) is 18.8 Å². The van der Waals surface area contributed by atoms with Gasteiger partial charge in [-0.3, -0.25) is 9.36 Å². The minimum absolute atomic E-state index is 0.163. The Labute approximate surface area is 183 Å². The van der Waals surface area contributed by atoms with Crippen molar-refractivity contribution in [1.82, 2.24) is 14.5 Å². The van der Waals surface area contributed by atoms with E-state index in [1.807, 2.05) is 0 Å². The van der Waals surface area contributed by atoms with Crippen LogP contribution in [0, 0.1) is 29.0 Å². The minimum atomic E-state index is -0.409. The largest absolute Gasteiger partial charge is 0.446 e. The Morgan fingerprint density at radius 1 is 1.19 bits per heavy atom. The number of primary amides is 1. The SMILES string of the molecule is NC(=O)C12CC3CC(C1)C(OC(=O)N1CC[C@H](n4c(=O)[nH]c5cc(F)ccc54)C1)C(C3)C2. The van der Waals surface area contributed by atoms with E-state index in [1.54, 1.807) is 15.5 Å². The fourth-order valence-corrected chi connectivity index (χ4v) is 7.25. The van der Waals surface area contributed by atoms with Gasteiger partial charge in [0.2, 0.25) is 5.91 Å². The molecule has 2 amide bonds. The van der Waals surface area contributed by atoms with Crippen LogP contribution in [0.3, 0.4) is 0 Å². The third-order valence-corrected chi connectivity index (χ3v) is 8.41. The highest BCUT2D eigenvalue weighted by Crippen LogP contribution is 2.60. The summed E-state index contributed by atoms with van der Waals surface area (Å²) in [5, 5.41) is 0. The number of fused-ring (bicyclic) bond motifs is 1. The van der Waals surface area contributed by atoms with Gasteiger partial charge in [-0.2, -0.15) is 0 Å². The molecule has 5 fully saturated rings. The Balaban J connectivity index is 1.16. The van der Waals surface area contributed by atoms with Gasteiger partial charge in [-0.15, -0.1) is 0 Å². The summed E-state index contributed by atoms with van der Waals surface area (Å²) in [6.07, 6.45) is 4.42. The maximum Gasteiger partial charge on any atom is 0.410 e. The van der Waals surface area contributed by atoms with Crippen molar-refractivity contribution in [3.05, 3.63) is 34.5 Å². The van der Waals surface area contributed by atoms with E-state index in [0.29, 0.717) is 36.5 Å². The summed E-state index contributed by atoms with van der Waals surface area (Å²) in [4.78, 5) is 42.0. The third-order valence-electron chi connectivity index (χ3n) is 8.41. The molecule has 1 aromatic carbocycles. The van der Waals surface area contributed by atoms with E-state index in [-0.39, 0.29) is 41.7 Å². The number of halogens is 1. The minimum Gasteiger partial charge on any atom is -0.446 e. The molecule has 4 bridgehead atoms. The Morgan fingerprint density at radius 2 is 1.94 bits per heavy atom. The molecule has 5 aliphatic rings. The van der Waals surface area contributed by atoms with Crippen molar-refractivity contribution in [1.29, 1.82) is 0 Å². The molecule has 4 aliphatic carbocycles. The monoisotopic (exact) mass is 442 g/mol. The van der Waals surface area contributed by atoms with E-state index < -0.39 is 11.2 Å². The van der Waals surface area contributed by atoms with Gasteiger partial charge in [0.05, 0.1) is 22.5 Å². The van der Waals surface area contributed by atoms with Crippen LogP contribution in [0.1, 0.15) is 44.6 Å². The molecule has 2 unspecified atom stereocenters. The number of amides is 2. The lowest BCUT2D eigenvalue weighted by atomic mass is 9.48. The molecule has 3 atom stereocenters. The standard InChI is InChI=1S/C23H27FN4O4/c24-15-1-2-18-17(7-15)26-21(30)28(18)16-3-4-27(11-16)22(31)32-19-13-5-12-6-14(19)10-23(8-12,9-13)20(25)29/h1-2,7,12-14,16,19H,3-6,8-11H2,(H2,25,29)(H,26,30)/t12?,13?,14?,16-,19?,23?/m0/s1. The van der Waals surface area contributed by atoms with Gasteiger partial charge in [0.15, 0.2) is 0 Å². The lowest BCUT2D eigenvalue weighted by Crippen LogP contribution is -2.59. The van der Waals surface area contributed by atoms with Crippen LogP contribution in [0.5, 0.6) is 0 Å². The Kier molecular flexibility index (Phi) is 4.23. The van der Waals surface area contributed by atoms with E-state index in [4.69, 9.17) is 10.5 Å². The predicted molar refractivity (Wildman–Crippen MR) is 113 cm³/mol. The zero-order valence-corrected chi connectivity index (χ0v) is 17.8. The number of ether oxygens (including phenoxy) is 1. The molecule has 0 radical (unpaired) electrons. The van der Waals surface area contributed by atoms with Gasteiger partial charge in [-0.05, 0) is 74.5 Å². The number of likely N-dealkylation sites (tertiary alicyclic amines) is 1. The highest BCUT2D eigenvalue weighted by Gasteiger charge is 2.59. The van der Waals surface area contributed by atoms with Crippen LogP contribution < -0.4 is 11.4 Å². The van der Waals surface area contributed by atoms with Crippen molar-refractivity contribution in [3.8, 4) is 0 Å². The number of benzene rings is 1. The lowest BCUT2D eigenvalue weighted by Gasteiger charge is -2.58. The lowest BCUT2D eigenvalue weighted by molar-refractivity contribution is -0.161. The molecule has 2 aromatic rings. The Bertz CT molecular complexity index is 1160. The highest BCUT2D eigenvalue weighted by molar-refractivity contribution is 5.81. The van der Waals surface area contributed by atoms with Gasteiger partial charge < -0.3 is 20.4 Å². The molecule has 1 saturated heterocycles. The second-order valence-electron chi connectivity index (χ2n) is 10.3. The number of imidazole rings is 1. The van der Waals surface area contributed by atoms with Crippen molar-refractivity contribution >= 4 is 23.0 Å². The molecular formula is C23H27FN4O4. The first kappa shape index (κ1) is 19.8. The van der Waals surface area contributed by atoms with E-state index in [0.717, 1.165) is 32.1 Å². The molecule has 32 heavy (non-hydrogen) atoms. The number of H-pyrrole nitrogens is 1. The molecule has 2 heterocycles. The predicted octanol–water partition coefficient (Wildman–Crippen LogP) is 2.53. The van der Waals surface area contributed by atoms with Gasteiger partial charge in [-0.1, -0.05) is 0 Å². The van der Waals surface area contributed by atoms with Crippen molar-refractivity contribution < 1.29 is 18.7 Å². The third kappa shape index (κ3) is 2.89. The molecule has 0 spiro atoms. The van der Waals surface area contributed by atoms with Crippen molar-refractivity contribution in [2.75, 3.05) is 13.1 Å². The van der Waals surface area contributed by atoms with Crippen LogP contribution in [0.25, 0.3) is 11.0 Å². The summed E-state index contributed by atoms with van der Waals surface area (Å²) < 4.78 is 21.1. The van der Waals surface area contributed by atoms with Crippen molar-refractivity contribution in [3.63, 3.8) is 0 Å². The summed E-state index contributed by atoms with van der Waals surface area (Å²) in [5.74, 6) is 0.290. The molecule has 170 valence electrons. The number of rotatable bonds is 3. The van der Waals surface area contributed by atoms with Crippen molar-refractivity contribution in [2.24, 2.45) is 28.9 Å². The second kappa shape index (κ2) is 6.83. The first-order chi connectivity index (χ1) is 15.3. The molecule has 9 heteroatoms. The maximum atomic E-state index is 13.5. The number of aromatic nitrogens is 2. The van der Waals surface area contributed by atoms with Gasteiger partial charge in [-0.25, -0.2) is 14.0 Å². The van der Waals surface area contributed by atoms with Crippen LogP contribution in [0.15, 0.2) is 23.0 Å². The first-order valence-corrected chi connectivity index (χ1v) is 11.5. The second-order valence-corrected chi connectivity index (χ2v) is 10.3. The summed E-state index contributed by atoms with van der Waals surface area (Å²) in [5.41, 5.74) is 6.13. The number of carbonyl (C=O) groups excluding carboxylic acids is 2. The molecule has 8 nitrogen and oxygen atoms in total. The smallest absolute Gasteiger partial charge is 0.410 e. The molecule has 1 aromatic heterocycles. The van der Waals surface area contributed by atoms with Crippen LogP contribution >= 0.6 is 0 Å². The fraction of sp³-hybridized carbons (Fsp3) is 0.609. The number of hydrogen-bond acceptors (Lipinski definition) is 4. The van der Waals surface area contributed by atoms with Gasteiger partial charge in [0.25, 0.3) is 0 Å². The number of nitrogens with zero attached hydrogens (tertiary/aromatic N) is 2. The zero-order chi connectivity index (χ0) is 22.2. The summed E-state index contributed by atoms with van der Waals surface area (Å²) in [6.45, 7) is 0.874. The first-order valence-electron chi connectivity index (χ1n) is 11.5. The maximum absolute atomic E-state index is 13.5. The number of nitrogens with two attached hydrogens (primary N) is 1. The van der Waals surface area contributed by atoms with Gasteiger partial charge in [0.1, 0.15) is 11.9 Å². The molecule has 4 saturated carbocycles. The number of carbonyl (C=O) groups is 2. The van der Waals surface area contributed by atoms with E-state index in [2.05, 4.69) is 4.98 Å². The Morgan fingerprint density at radius 3 is 2.66 bits per heavy atom. The Hall–Kier alpha value is -2.84. The van der Waals surface area contributed by atoms with Gasteiger partial charge >= 0.3 is 11.8 Å². The summed E-state index contributed by atoms with van der Waals surface area (Å²) in [6, 6.07) is 4.04. The zero-order valence-electron chi connectivity index (χ0n) is 17.8. The topological polar surface area (TPSA) is 110 Å². The molecule has 1 aliphatic heterocycles. The average Bonchev–Trinajstić information content (AvgIpc) is 3.33. The number of aromatic amines is 1. The number of hydrogen-bond donors (Lipinski definition) is 2. The van der Waals surface area contributed by atoms with Crippen LogP contribution in [0.4, 0.5) is 9.18 Å². The molecular weight excluding hydrogens is 415 g/mol. The van der Waals surface area contributed by atoms with E-state index in [1.165, 1.54) is 12.1 Å². The summed E-state index contributed by atoms with van der Waals surface area (Å²) >= 11 is 0. The normalized spacial score (nSPS) is 35.5. The quantitative estimate of drug-likeness (QED) is 0.761. The van der Waals surface area contributed by atoms with Crippen LogP contribution in [-0.4, -0.2) is 45.6 Å². The summed E-state index contributed by atoms with van der Waals surface area (Å²) in [7, 11) is 0. The number of nitrogens with one attached hydrogen (secondary N) is 1.